The Morgan fingerprint density at radius 2 is 1.46 bits per heavy atom. The largest absolute Gasteiger partial charge is 0.323 e. The lowest BCUT2D eigenvalue weighted by molar-refractivity contribution is 0.262. The van der Waals surface area contributed by atoms with E-state index in [0.29, 0.717) is 27.6 Å². The van der Waals surface area contributed by atoms with Crippen molar-refractivity contribution in [1.29, 1.82) is 0 Å². The van der Waals surface area contributed by atoms with Gasteiger partial charge in [-0.25, -0.2) is 4.79 Å². The fourth-order valence-corrected chi connectivity index (χ4v) is 2.84. The number of hydrogen-bond donors (Lipinski definition) is 2. The normalized spacial score (nSPS) is 11.0. The van der Waals surface area contributed by atoms with Gasteiger partial charge >= 0.3 is 6.03 Å². The SMILES string of the molecule is CC(C)c1cccc(C(C)C)c1NC(=O)Nc1ccc(Cl)c(Cl)c1. The summed E-state index contributed by atoms with van der Waals surface area (Å²) in [5.74, 6) is 0.618. The van der Waals surface area contributed by atoms with Crippen LogP contribution in [-0.2, 0) is 0 Å². The van der Waals surface area contributed by atoms with E-state index in [4.69, 9.17) is 23.2 Å². The molecule has 24 heavy (non-hydrogen) atoms. The van der Waals surface area contributed by atoms with Crippen molar-refractivity contribution in [2.75, 3.05) is 10.6 Å². The Morgan fingerprint density at radius 3 is 1.96 bits per heavy atom. The van der Waals surface area contributed by atoms with E-state index in [9.17, 15) is 4.79 Å². The number of rotatable bonds is 4. The smallest absolute Gasteiger partial charge is 0.308 e. The molecule has 3 nitrogen and oxygen atoms in total. The van der Waals surface area contributed by atoms with Crippen molar-refractivity contribution in [3.05, 3.63) is 57.6 Å². The zero-order valence-electron chi connectivity index (χ0n) is 14.3. The molecule has 2 aromatic carbocycles. The van der Waals surface area contributed by atoms with Crippen LogP contribution in [0, 0.1) is 0 Å². The Hall–Kier alpha value is -1.71. The molecule has 2 N–H and O–H groups in total. The second-order valence-corrected chi connectivity index (χ2v) is 7.14. The predicted molar refractivity (Wildman–Crippen MR) is 104 cm³/mol. The Balaban J connectivity index is 2.26. The molecule has 0 spiro atoms. The first-order chi connectivity index (χ1) is 11.3. The molecular formula is C19H22Cl2N2O. The molecular weight excluding hydrogens is 343 g/mol. The number of urea groups is 1. The number of halogens is 2. The Morgan fingerprint density at radius 1 is 0.875 bits per heavy atom. The summed E-state index contributed by atoms with van der Waals surface area (Å²) in [6, 6.07) is 10.8. The summed E-state index contributed by atoms with van der Waals surface area (Å²) in [6.45, 7) is 8.45. The first-order valence-corrected chi connectivity index (χ1v) is 8.71. The summed E-state index contributed by atoms with van der Waals surface area (Å²) >= 11 is 11.9. The predicted octanol–water partition coefficient (Wildman–Crippen LogP) is 6.88. The number of anilines is 2. The lowest BCUT2D eigenvalue weighted by atomic mass is 9.93. The average molecular weight is 365 g/mol. The topological polar surface area (TPSA) is 41.1 Å². The van der Waals surface area contributed by atoms with Gasteiger partial charge in [0.05, 0.1) is 10.0 Å². The molecule has 0 aromatic heterocycles. The monoisotopic (exact) mass is 364 g/mol. The number of para-hydroxylation sites is 1. The maximum absolute atomic E-state index is 12.4. The van der Waals surface area contributed by atoms with Gasteiger partial charge in [-0.3, -0.25) is 0 Å². The molecule has 0 atom stereocenters. The number of nitrogens with one attached hydrogen (secondary N) is 2. The zero-order chi connectivity index (χ0) is 17.9. The van der Waals surface area contributed by atoms with Gasteiger partial charge in [-0.2, -0.15) is 0 Å². The van der Waals surface area contributed by atoms with Crippen LogP contribution in [0.15, 0.2) is 36.4 Å². The van der Waals surface area contributed by atoms with E-state index in [-0.39, 0.29) is 6.03 Å². The van der Waals surface area contributed by atoms with E-state index in [1.54, 1.807) is 18.2 Å². The summed E-state index contributed by atoms with van der Waals surface area (Å²) in [5.41, 5.74) is 3.70. The molecule has 0 aliphatic rings. The van der Waals surface area contributed by atoms with Crippen molar-refractivity contribution in [3.8, 4) is 0 Å². The third-order valence-electron chi connectivity index (χ3n) is 3.79. The van der Waals surface area contributed by atoms with Crippen molar-refractivity contribution in [2.24, 2.45) is 0 Å². The number of hydrogen-bond acceptors (Lipinski definition) is 1. The number of benzene rings is 2. The van der Waals surface area contributed by atoms with E-state index in [0.717, 1.165) is 16.8 Å². The number of amides is 2. The molecule has 0 radical (unpaired) electrons. The van der Waals surface area contributed by atoms with Crippen LogP contribution in [0.1, 0.15) is 50.7 Å². The van der Waals surface area contributed by atoms with Crippen molar-refractivity contribution >= 4 is 40.6 Å². The Kier molecular flexibility index (Phi) is 6.14. The van der Waals surface area contributed by atoms with Gasteiger partial charge in [-0.15, -0.1) is 0 Å². The standard InChI is InChI=1S/C19H22Cl2N2O/c1-11(2)14-6-5-7-15(12(3)4)18(14)23-19(24)22-13-8-9-16(20)17(21)10-13/h5-12H,1-4H3,(H2,22,23,24). The van der Waals surface area contributed by atoms with E-state index in [1.165, 1.54) is 0 Å². The van der Waals surface area contributed by atoms with Crippen LogP contribution in [0.3, 0.4) is 0 Å². The second kappa shape index (κ2) is 7.91. The van der Waals surface area contributed by atoms with Crippen molar-refractivity contribution in [1.82, 2.24) is 0 Å². The molecule has 2 amide bonds. The minimum Gasteiger partial charge on any atom is -0.308 e. The molecule has 0 bridgehead atoms. The lowest BCUT2D eigenvalue weighted by Gasteiger charge is -2.20. The number of carbonyl (C=O) groups excluding carboxylic acids is 1. The van der Waals surface area contributed by atoms with Crippen LogP contribution in [0.25, 0.3) is 0 Å². The summed E-state index contributed by atoms with van der Waals surface area (Å²) < 4.78 is 0. The van der Waals surface area contributed by atoms with Gasteiger partial charge in [-0.05, 0) is 41.2 Å². The molecule has 0 aliphatic carbocycles. The summed E-state index contributed by atoms with van der Waals surface area (Å²) in [5, 5.41) is 6.65. The van der Waals surface area contributed by atoms with E-state index >= 15 is 0 Å². The van der Waals surface area contributed by atoms with Crippen LogP contribution in [0.5, 0.6) is 0 Å². The molecule has 0 aliphatic heterocycles. The highest BCUT2D eigenvalue weighted by molar-refractivity contribution is 6.42. The maximum Gasteiger partial charge on any atom is 0.323 e. The minimum absolute atomic E-state index is 0.302. The quantitative estimate of drug-likeness (QED) is 0.609. The van der Waals surface area contributed by atoms with Gasteiger partial charge in [0.1, 0.15) is 0 Å². The van der Waals surface area contributed by atoms with Crippen molar-refractivity contribution < 1.29 is 4.79 Å². The molecule has 128 valence electrons. The molecule has 0 heterocycles. The average Bonchev–Trinajstić information content (AvgIpc) is 2.50. The van der Waals surface area contributed by atoms with E-state index in [1.807, 2.05) is 18.2 Å². The van der Waals surface area contributed by atoms with Gasteiger partial charge in [0, 0.05) is 11.4 Å². The lowest BCUT2D eigenvalue weighted by Crippen LogP contribution is -2.21. The number of carbonyl (C=O) groups is 1. The van der Waals surface area contributed by atoms with Crippen molar-refractivity contribution in [3.63, 3.8) is 0 Å². The summed E-state index contributed by atoms with van der Waals surface area (Å²) in [4.78, 5) is 12.4. The molecule has 5 heteroatoms. The minimum atomic E-state index is -0.302. The molecule has 2 rings (SSSR count). The highest BCUT2D eigenvalue weighted by Gasteiger charge is 2.16. The van der Waals surface area contributed by atoms with Crippen molar-refractivity contribution in [2.45, 2.75) is 39.5 Å². The third kappa shape index (κ3) is 4.43. The molecule has 0 fully saturated rings. The van der Waals surface area contributed by atoms with Gasteiger partial charge in [0.25, 0.3) is 0 Å². The summed E-state index contributed by atoms with van der Waals surface area (Å²) in [7, 11) is 0. The molecule has 2 aromatic rings. The van der Waals surface area contributed by atoms with Gasteiger partial charge in [-0.1, -0.05) is 69.1 Å². The summed E-state index contributed by atoms with van der Waals surface area (Å²) in [6.07, 6.45) is 0. The molecule has 0 saturated carbocycles. The Bertz CT molecular complexity index is 716. The van der Waals surface area contributed by atoms with Crippen LogP contribution >= 0.6 is 23.2 Å². The first-order valence-electron chi connectivity index (χ1n) is 7.95. The zero-order valence-corrected chi connectivity index (χ0v) is 15.8. The highest BCUT2D eigenvalue weighted by Crippen LogP contribution is 2.32. The molecule has 0 unspecified atom stereocenters. The van der Waals surface area contributed by atoms with Gasteiger partial charge in [0.15, 0.2) is 0 Å². The Labute approximate surface area is 153 Å². The highest BCUT2D eigenvalue weighted by atomic mass is 35.5. The molecule has 0 saturated heterocycles. The van der Waals surface area contributed by atoms with Crippen LogP contribution in [0.4, 0.5) is 16.2 Å². The maximum atomic E-state index is 12.4. The fraction of sp³-hybridized carbons (Fsp3) is 0.316. The van der Waals surface area contributed by atoms with E-state index < -0.39 is 0 Å². The first kappa shape index (κ1) is 18.6. The fourth-order valence-electron chi connectivity index (χ4n) is 2.55. The third-order valence-corrected chi connectivity index (χ3v) is 4.53. The van der Waals surface area contributed by atoms with E-state index in [2.05, 4.69) is 38.3 Å². The second-order valence-electron chi connectivity index (χ2n) is 6.33. The van der Waals surface area contributed by atoms with Crippen LogP contribution < -0.4 is 10.6 Å². The van der Waals surface area contributed by atoms with Gasteiger partial charge < -0.3 is 10.6 Å². The van der Waals surface area contributed by atoms with Crippen LogP contribution in [-0.4, -0.2) is 6.03 Å². The van der Waals surface area contributed by atoms with Crippen LogP contribution in [0.2, 0.25) is 10.0 Å². The van der Waals surface area contributed by atoms with Gasteiger partial charge in [0.2, 0.25) is 0 Å².